The number of benzene rings is 2. The van der Waals surface area contributed by atoms with Gasteiger partial charge < -0.3 is 19.9 Å². The second-order valence-corrected chi connectivity index (χ2v) is 10.4. The van der Waals surface area contributed by atoms with Gasteiger partial charge in [0.05, 0.1) is 28.4 Å². The first-order valence-electron chi connectivity index (χ1n) is 12.6. The topological polar surface area (TPSA) is 104 Å². The predicted molar refractivity (Wildman–Crippen MR) is 143 cm³/mol. The molecule has 0 saturated carbocycles. The Morgan fingerprint density at radius 2 is 1.84 bits per heavy atom. The summed E-state index contributed by atoms with van der Waals surface area (Å²) < 4.78 is 25.3. The van der Waals surface area contributed by atoms with Gasteiger partial charge in [0.25, 0.3) is 0 Å². The maximum Gasteiger partial charge on any atom is 0.333 e. The maximum atomic E-state index is 13.3. The molecule has 2 atom stereocenters. The molecule has 9 nitrogen and oxygen atoms in total. The van der Waals surface area contributed by atoms with E-state index in [1.165, 1.54) is 24.3 Å². The zero-order valence-electron chi connectivity index (χ0n) is 21.6. The minimum Gasteiger partial charge on any atom is -0.491 e. The maximum absolute atomic E-state index is 13.3. The van der Waals surface area contributed by atoms with E-state index in [1.807, 2.05) is 30.0 Å². The summed E-state index contributed by atoms with van der Waals surface area (Å²) in [6, 6.07) is 10.2. The highest BCUT2D eigenvalue weighted by Gasteiger charge is 2.26. The van der Waals surface area contributed by atoms with Crippen LogP contribution in [0.2, 0.25) is 0 Å². The number of amides is 1. The lowest BCUT2D eigenvalue weighted by atomic mass is 10.1. The summed E-state index contributed by atoms with van der Waals surface area (Å²) in [5.74, 6) is -0.652. The Morgan fingerprint density at radius 3 is 2.55 bits per heavy atom. The molecule has 0 unspecified atom stereocenters. The Balaban J connectivity index is 1.20. The van der Waals surface area contributed by atoms with Crippen LogP contribution in [0.1, 0.15) is 23.5 Å². The number of nitrogens with one attached hydrogen (secondary N) is 1. The Labute approximate surface area is 225 Å². The minimum absolute atomic E-state index is 0.120. The van der Waals surface area contributed by atoms with Crippen molar-refractivity contribution in [2.75, 3.05) is 52.5 Å². The van der Waals surface area contributed by atoms with Gasteiger partial charge in [0, 0.05) is 38.8 Å². The third-order valence-corrected chi connectivity index (χ3v) is 7.19. The second kappa shape index (κ2) is 13.1. The summed E-state index contributed by atoms with van der Waals surface area (Å²) in [7, 11) is 0. The summed E-state index contributed by atoms with van der Waals surface area (Å²) in [5.41, 5.74) is 1.35. The zero-order chi connectivity index (χ0) is 27.1. The number of fused-ring (bicyclic) bond motifs is 1. The number of carbonyl (C=O) groups excluding carboxylic acids is 2. The highest BCUT2D eigenvalue weighted by molar-refractivity contribution is 7.18. The van der Waals surface area contributed by atoms with Crippen LogP contribution in [0.15, 0.2) is 42.5 Å². The lowest BCUT2D eigenvalue weighted by Crippen LogP contribution is -2.51. The van der Waals surface area contributed by atoms with Crippen molar-refractivity contribution in [1.82, 2.24) is 20.1 Å². The zero-order valence-corrected chi connectivity index (χ0v) is 22.4. The number of carbonyl (C=O) groups is 2. The molecule has 204 valence electrons. The van der Waals surface area contributed by atoms with Gasteiger partial charge in [-0.25, -0.2) is 14.2 Å². The number of aromatic nitrogens is 1. The number of rotatable bonds is 11. The van der Waals surface area contributed by atoms with Crippen molar-refractivity contribution in [1.29, 1.82) is 0 Å². The molecule has 1 aromatic heterocycles. The number of piperazine rings is 1. The number of aryl methyl sites for hydroxylation is 1. The van der Waals surface area contributed by atoms with Crippen LogP contribution < -0.4 is 10.1 Å². The van der Waals surface area contributed by atoms with E-state index in [0.29, 0.717) is 44.0 Å². The lowest BCUT2D eigenvalue weighted by molar-refractivity contribution is -0.147. The van der Waals surface area contributed by atoms with Crippen molar-refractivity contribution in [3.05, 3.63) is 58.9 Å². The number of aliphatic hydroxyl groups excluding tert-OH is 1. The third-order valence-electron chi connectivity index (χ3n) is 6.24. The van der Waals surface area contributed by atoms with E-state index in [0.717, 1.165) is 15.2 Å². The molecule has 1 aliphatic heterocycles. The molecule has 1 aliphatic rings. The fourth-order valence-corrected chi connectivity index (χ4v) is 5.16. The number of hydrogen-bond donors (Lipinski definition) is 2. The van der Waals surface area contributed by atoms with Crippen LogP contribution in [0.3, 0.4) is 0 Å². The van der Waals surface area contributed by atoms with E-state index in [9.17, 15) is 19.1 Å². The molecule has 3 aromatic rings. The molecule has 0 aliphatic carbocycles. The highest BCUT2D eigenvalue weighted by atomic mass is 32.1. The van der Waals surface area contributed by atoms with Crippen molar-refractivity contribution < 1.29 is 28.6 Å². The summed E-state index contributed by atoms with van der Waals surface area (Å²) >= 11 is 1.63. The van der Waals surface area contributed by atoms with Crippen molar-refractivity contribution in [2.24, 2.45) is 0 Å². The number of nitrogens with zero attached hydrogens (tertiary/aromatic N) is 3. The van der Waals surface area contributed by atoms with Crippen LogP contribution in [0.4, 0.5) is 4.39 Å². The van der Waals surface area contributed by atoms with Gasteiger partial charge in [0.1, 0.15) is 24.3 Å². The van der Waals surface area contributed by atoms with Gasteiger partial charge in [0.2, 0.25) is 5.91 Å². The number of aliphatic hydroxyl groups is 1. The summed E-state index contributed by atoms with van der Waals surface area (Å²) in [5, 5.41) is 14.2. The van der Waals surface area contributed by atoms with Crippen LogP contribution >= 0.6 is 11.3 Å². The summed E-state index contributed by atoms with van der Waals surface area (Å²) in [6.45, 7) is 7.25. The summed E-state index contributed by atoms with van der Waals surface area (Å²) in [4.78, 5) is 33.7. The lowest BCUT2D eigenvalue weighted by Gasteiger charge is -2.35. The fourth-order valence-electron chi connectivity index (χ4n) is 4.35. The average Bonchev–Trinajstić information content (AvgIpc) is 3.27. The molecule has 2 aromatic carbocycles. The van der Waals surface area contributed by atoms with Gasteiger partial charge in [0.15, 0.2) is 6.04 Å². The van der Waals surface area contributed by atoms with Crippen molar-refractivity contribution in [2.45, 2.75) is 26.0 Å². The van der Waals surface area contributed by atoms with E-state index < -0.39 is 23.9 Å². The number of ether oxygens (including phenoxy) is 2. The molecule has 38 heavy (non-hydrogen) atoms. The van der Waals surface area contributed by atoms with Crippen LogP contribution in [0.5, 0.6) is 5.75 Å². The molecule has 0 bridgehead atoms. The minimum atomic E-state index is -1.00. The first-order chi connectivity index (χ1) is 18.3. The average molecular weight is 545 g/mol. The fraction of sp³-hybridized carbons (Fsp3) is 0.444. The van der Waals surface area contributed by atoms with Crippen molar-refractivity contribution >= 4 is 33.4 Å². The number of thiazole rings is 1. The first-order valence-corrected chi connectivity index (χ1v) is 13.5. The molecule has 1 amide bonds. The smallest absolute Gasteiger partial charge is 0.333 e. The van der Waals surface area contributed by atoms with E-state index in [-0.39, 0.29) is 25.7 Å². The van der Waals surface area contributed by atoms with Crippen molar-refractivity contribution in [3.8, 4) is 5.75 Å². The van der Waals surface area contributed by atoms with Gasteiger partial charge in [-0.15, -0.1) is 11.3 Å². The van der Waals surface area contributed by atoms with Gasteiger partial charge in [-0.3, -0.25) is 14.6 Å². The Kier molecular flexibility index (Phi) is 9.62. The molecule has 4 rings (SSSR count). The molecule has 0 spiro atoms. The standard InChI is InChI=1S/C27H33FN4O5S/c1-3-36-27(35)26(19-4-6-20(28)7-5-19)30-25(34)16-32-12-10-31(11-13-32)15-21(33)17-37-22-8-9-24-23(14-22)29-18(2)38-24/h4-9,14,21,26,33H,3,10-13,15-17H2,1-2H3,(H,30,34)/t21-,26+/m1/s1. The van der Waals surface area contributed by atoms with E-state index in [4.69, 9.17) is 9.47 Å². The Morgan fingerprint density at radius 1 is 1.13 bits per heavy atom. The quantitative estimate of drug-likeness (QED) is 0.355. The molecule has 0 radical (unpaired) electrons. The van der Waals surface area contributed by atoms with E-state index in [2.05, 4.69) is 15.2 Å². The van der Waals surface area contributed by atoms with E-state index in [1.54, 1.807) is 18.3 Å². The largest absolute Gasteiger partial charge is 0.491 e. The van der Waals surface area contributed by atoms with Crippen LogP contribution in [0, 0.1) is 12.7 Å². The van der Waals surface area contributed by atoms with Crippen LogP contribution in [-0.4, -0.2) is 90.4 Å². The van der Waals surface area contributed by atoms with Gasteiger partial charge in [-0.1, -0.05) is 12.1 Å². The molecular weight excluding hydrogens is 511 g/mol. The number of hydrogen-bond acceptors (Lipinski definition) is 9. The molecule has 1 saturated heterocycles. The molecule has 2 heterocycles. The van der Waals surface area contributed by atoms with Gasteiger partial charge in [-0.2, -0.15) is 0 Å². The van der Waals surface area contributed by atoms with E-state index >= 15 is 0 Å². The molecule has 1 fully saturated rings. The monoisotopic (exact) mass is 544 g/mol. The third kappa shape index (κ3) is 7.70. The van der Waals surface area contributed by atoms with Gasteiger partial charge >= 0.3 is 5.97 Å². The number of esters is 1. The van der Waals surface area contributed by atoms with Crippen LogP contribution in [-0.2, 0) is 14.3 Å². The van der Waals surface area contributed by atoms with Crippen LogP contribution in [0.25, 0.3) is 10.2 Å². The summed E-state index contributed by atoms with van der Waals surface area (Å²) in [6.07, 6.45) is -0.654. The molecule has 11 heteroatoms. The predicted octanol–water partition coefficient (Wildman–Crippen LogP) is 2.52. The Hall–Kier alpha value is -3.12. The SMILES string of the molecule is CCOC(=O)[C@@H](NC(=O)CN1CCN(C[C@@H](O)COc2ccc3sc(C)nc3c2)CC1)c1ccc(F)cc1. The molecular formula is C27H33FN4O5S. The molecule has 2 N–H and O–H groups in total. The Bertz CT molecular complexity index is 1230. The van der Waals surface area contributed by atoms with Gasteiger partial charge in [-0.05, 0) is 43.7 Å². The number of halogens is 1. The highest BCUT2D eigenvalue weighted by Crippen LogP contribution is 2.25. The van der Waals surface area contributed by atoms with Crippen molar-refractivity contribution in [3.63, 3.8) is 0 Å². The first kappa shape index (κ1) is 27.9. The second-order valence-electron chi connectivity index (χ2n) is 9.21. The normalized spacial score (nSPS) is 16.2. The number of β-amino-alcohol motifs (C(OH)–C–C–N with tert-alkyl or cyclic N) is 1.